The molecule has 0 aliphatic carbocycles. The monoisotopic (exact) mass is 311 g/mol. The van der Waals surface area contributed by atoms with Crippen molar-refractivity contribution < 1.29 is 41.7 Å². The minimum Gasteiger partial charge on any atom is -0.861 e. The number of aliphatic imine (C=N–C) groups is 1. The summed E-state index contributed by atoms with van der Waals surface area (Å²) >= 11 is 5.69. The maximum absolute atomic E-state index is 11.4. The van der Waals surface area contributed by atoms with E-state index in [4.69, 9.17) is 16.2 Å². The first kappa shape index (κ1) is 19.2. The van der Waals surface area contributed by atoms with E-state index in [0.29, 0.717) is 5.56 Å². The van der Waals surface area contributed by atoms with Crippen molar-refractivity contribution in [3.63, 3.8) is 0 Å². The molecule has 0 atom stereocenters. The molecule has 0 saturated carbocycles. The van der Waals surface area contributed by atoms with Crippen LogP contribution in [0.15, 0.2) is 22.0 Å². The Hall–Kier alpha value is -0.843. The molecule has 0 spiro atoms. The number of carbonyl (C=O) groups excluding carboxylic acids is 1. The van der Waals surface area contributed by atoms with E-state index < -0.39 is 33.1 Å². The van der Waals surface area contributed by atoms with E-state index in [1.54, 1.807) is 0 Å². The zero-order chi connectivity index (χ0) is 14.8. The number of hydrogen-bond acceptors (Lipinski definition) is 5. The van der Waals surface area contributed by atoms with Gasteiger partial charge in [-0.05, 0) is 37.4 Å². The molecule has 20 heavy (non-hydrogen) atoms. The van der Waals surface area contributed by atoms with E-state index in [2.05, 4.69) is 4.99 Å². The second kappa shape index (κ2) is 7.25. The summed E-state index contributed by atoms with van der Waals surface area (Å²) in [7, 11) is -4.57. The summed E-state index contributed by atoms with van der Waals surface area (Å²) in [6, 6.07) is 2.39. The van der Waals surface area contributed by atoms with Crippen LogP contribution in [0, 0.1) is 6.92 Å². The Kier molecular flexibility index (Phi) is 6.94. The Balaban J connectivity index is 0.00000361. The number of Topliss-reactive ketones (excluding diaryl/α,β-unsaturated/α-hetero) is 1. The largest absolute Gasteiger partial charge is 1.00 e. The van der Waals surface area contributed by atoms with Crippen molar-refractivity contribution in [3.05, 3.63) is 22.7 Å². The van der Waals surface area contributed by atoms with Crippen molar-refractivity contribution in [2.75, 3.05) is 0 Å². The smallest absolute Gasteiger partial charge is 0.861 e. The second-order valence-corrected chi connectivity index (χ2v) is 5.76. The maximum Gasteiger partial charge on any atom is 1.00 e. The second-order valence-electron chi connectivity index (χ2n) is 3.93. The van der Waals surface area contributed by atoms with Crippen molar-refractivity contribution in [1.29, 1.82) is 0 Å². The molecule has 104 valence electrons. The number of aryl methyl sites for hydroxylation is 1. The van der Waals surface area contributed by atoms with Crippen LogP contribution in [-0.4, -0.2) is 24.7 Å². The standard InChI is InChI=1S/C11H12ClNO5S.Li/c1-6-3-8(12)5-9(19(16,17)18)11(6)13-10(15)4-7(2)14;/h3,5H,4H2,1-2H3,(H,13,15)(H,16,17,18);/q;+1/p-1. The summed E-state index contributed by atoms with van der Waals surface area (Å²) in [5, 5.41) is 11.5. The average molecular weight is 312 g/mol. The summed E-state index contributed by atoms with van der Waals surface area (Å²) < 4.78 is 31.5. The molecule has 0 unspecified atom stereocenters. The molecular formula is C11H11ClLiNO5S. The minimum absolute atomic E-state index is 0. The van der Waals surface area contributed by atoms with Gasteiger partial charge in [0, 0.05) is 11.4 Å². The van der Waals surface area contributed by atoms with E-state index in [1.165, 1.54) is 19.9 Å². The predicted molar refractivity (Wildman–Crippen MR) is 68.4 cm³/mol. The molecule has 1 N–H and O–H groups in total. The van der Waals surface area contributed by atoms with Crippen LogP contribution in [0.2, 0.25) is 5.02 Å². The third-order valence-corrected chi connectivity index (χ3v) is 3.23. The van der Waals surface area contributed by atoms with Gasteiger partial charge in [-0.2, -0.15) is 8.42 Å². The van der Waals surface area contributed by atoms with Gasteiger partial charge in [0.2, 0.25) is 0 Å². The zero-order valence-electron chi connectivity index (χ0n) is 11.2. The number of benzene rings is 1. The molecule has 0 amide bonds. The van der Waals surface area contributed by atoms with Gasteiger partial charge in [-0.25, -0.2) is 0 Å². The molecule has 0 radical (unpaired) electrons. The molecule has 0 aliphatic heterocycles. The fraction of sp³-hybridized carbons (Fsp3) is 0.273. The first-order valence-corrected chi connectivity index (χ1v) is 6.94. The quantitative estimate of drug-likeness (QED) is 0.308. The van der Waals surface area contributed by atoms with Crippen molar-refractivity contribution in [2.24, 2.45) is 4.99 Å². The molecule has 1 rings (SSSR count). The van der Waals surface area contributed by atoms with Crippen LogP contribution in [0.4, 0.5) is 5.69 Å². The van der Waals surface area contributed by atoms with Gasteiger partial charge in [0.1, 0.15) is 10.7 Å². The van der Waals surface area contributed by atoms with E-state index in [-0.39, 0.29) is 29.6 Å². The summed E-state index contributed by atoms with van der Waals surface area (Å²) in [5.41, 5.74) is 0.0928. The van der Waals surface area contributed by atoms with E-state index >= 15 is 0 Å². The van der Waals surface area contributed by atoms with E-state index in [9.17, 15) is 18.3 Å². The molecule has 9 heteroatoms. The minimum atomic E-state index is -4.57. The molecule has 0 fully saturated rings. The molecule has 6 nitrogen and oxygen atoms in total. The maximum atomic E-state index is 11.4. The predicted octanol–water partition coefficient (Wildman–Crippen LogP) is -1.73. The third-order valence-electron chi connectivity index (χ3n) is 2.14. The molecular weight excluding hydrogens is 301 g/mol. The number of carbonyl (C=O) groups is 1. The normalized spacial score (nSPS) is 11.9. The van der Waals surface area contributed by atoms with Crippen molar-refractivity contribution in [2.45, 2.75) is 25.2 Å². The summed E-state index contributed by atoms with van der Waals surface area (Å²) in [5.74, 6) is -1.18. The Morgan fingerprint density at radius 3 is 2.45 bits per heavy atom. The van der Waals surface area contributed by atoms with Crippen LogP contribution in [0.3, 0.4) is 0 Å². The Bertz CT molecular complexity index is 657. The molecule has 0 saturated heterocycles. The first-order chi connectivity index (χ1) is 8.61. The number of rotatable bonds is 4. The Morgan fingerprint density at radius 2 is 2.00 bits per heavy atom. The molecule has 0 aromatic heterocycles. The topological polar surface area (TPSA) is 107 Å². The van der Waals surface area contributed by atoms with Crippen molar-refractivity contribution in [3.8, 4) is 0 Å². The van der Waals surface area contributed by atoms with Crippen LogP contribution in [0.5, 0.6) is 0 Å². The molecule has 1 aromatic carbocycles. The first-order valence-electron chi connectivity index (χ1n) is 5.13. The van der Waals surface area contributed by atoms with Gasteiger partial charge in [0.15, 0.2) is 0 Å². The fourth-order valence-corrected chi connectivity index (χ4v) is 2.49. The zero-order valence-corrected chi connectivity index (χ0v) is 12.7. The molecule has 0 aliphatic rings. The van der Waals surface area contributed by atoms with Gasteiger partial charge in [-0.15, -0.1) is 0 Å². The van der Waals surface area contributed by atoms with Gasteiger partial charge in [0.25, 0.3) is 10.1 Å². The van der Waals surface area contributed by atoms with Crippen molar-refractivity contribution in [1.82, 2.24) is 0 Å². The van der Waals surface area contributed by atoms with Gasteiger partial charge in [0.05, 0.1) is 5.69 Å². The summed E-state index contributed by atoms with van der Waals surface area (Å²) in [6.07, 6.45) is -0.438. The Morgan fingerprint density at radius 1 is 1.45 bits per heavy atom. The van der Waals surface area contributed by atoms with Gasteiger partial charge < -0.3 is 5.11 Å². The number of ketones is 1. The van der Waals surface area contributed by atoms with Crippen LogP contribution in [0.25, 0.3) is 0 Å². The van der Waals surface area contributed by atoms with Crippen molar-refractivity contribution >= 4 is 39.1 Å². The van der Waals surface area contributed by atoms with Crippen LogP contribution in [-0.2, 0) is 14.9 Å². The van der Waals surface area contributed by atoms with Crippen LogP contribution in [0.1, 0.15) is 18.9 Å². The molecule has 1 aromatic rings. The number of hydrogen-bond donors (Lipinski definition) is 1. The van der Waals surface area contributed by atoms with Crippen LogP contribution >= 0.6 is 11.6 Å². The number of nitrogens with zero attached hydrogens (tertiary/aromatic N) is 1. The summed E-state index contributed by atoms with van der Waals surface area (Å²) in [4.78, 5) is 13.8. The molecule has 0 heterocycles. The Labute approximate surface area is 133 Å². The average Bonchev–Trinajstić information content (AvgIpc) is 2.18. The summed E-state index contributed by atoms with van der Waals surface area (Å²) in [6.45, 7) is 2.70. The SMILES string of the molecule is CC(=O)CC([O-])=Nc1c(C)cc(Cl)cc1S(=O)(=O)O.[Li+]. The van der Waals surface area contributed by atoms with Gasteiger partial charge >= 0.3 is 18.9 Å². The van der Waals surface area contributed by atoms with E-state index in [0.717, 1.165) is 6.07 Å². The third kappa shape index (κ3) is 5.27. The van der Waals surface area contributed by atoms with Crippen LogP contribution < -0.4 is 24.0 Å². The van der Waals surface area contributed by atoms with Gasteiger partial charge in [-0.3, -0.25) is 14.3 Å². The van der Waals surface area contributed by atoms with Gasteiger partial charge in [-0.1, -0.05) is 11.6 Å². The molecule has 0 bridgehead atoms. The number of halogens is 1. The van der Waals surface area contributed by atoms with E-state index in [1.807, 2.05) is 0 Å². The fourth-order valence-electron chi connectivity index (χ4n) is 1.42.